The van der Waals surface area contributed by atoms with E-state index in [9.17, 15) is 9.59 Å². The number of rotatable bonds is 9. The molecule has 0 bridgehead atoms. The molecule has 0 saturated heterocycles. The molecule has 0 unspecified atom stereocenters. The predicted molar refractivity (Wildman–Crippen MR) is 121 cm³/mol. The van der Waals surface area contributed by atoms with Gasteiger partial charge in [0.15, 0.2) is 0 Å². The van der Waals surface area contributed by atoms with Crippen LogP contribution in [0.15, 0.2) is 55.1 Å². The van der Waals surface area contributed by atoms with Crippen LogP contribution in [-0.4, -0.2) is 60.8 Å². The zero-order chi connectivity index (χ0) is 23.7. The Bertz CT molecular complexity index is 1020. The van der Waals surface area contributed by atoms with Gasteiger partial charge in [-0.25, -0.2) is 9.48 Å². The van der Waals surface area contributed by atoms with Crippen molar-refractivity contribution in [3.8, 4) is 5.69 Å². The summed E-state index contributed by atoms with van der Waals surface area (Å²) in [5, 5.41) is 14.0. The van der Waals surface area contributed by atoms with Crippen molar-refractivity contribution < 1.29 is 14.3 Å². The first-order chi connectivity index (χ1) is 15.8. The van der Waals surface area contributed by atoms with Gasteiger partial charge in [0.25, 0.3) is 0 Å². The van der Waals surface area contributed by atoms with Crippen LogP contribution >= 0.6 is 0 Å². The third-order valence-electron chi connectivity index (χ3n) is 4.59. The minimum absolute atomic E-state index is 0.0822. The van der Waals surface area contributed by atoms with Crippen molar-refractivity contribution in [2.24, 2.45) is 0 Å². The lowest BCUT2D eigenvalue weighted by molar-refractivity contribution is -0.120. The van der Waals surface area contributed by atoms with E-state index in [1.165, 1.54) is 6.33 Å². The van der Waals surface area contributed by atoms with E-state index in [4.69, 9.17) is 4.74 Å². The zero-order valence-corrected chi connectivity index (χ0v) is 19.1. The van der Waals surface area contributed by atoms with Gasteiger partial charge in [-0.05, 0) is 66.9 Å². The third kappa shape index (κ3) is 7.99. The Morgan fingerprint density at radius 3 is 2.55 bits per heavy atom. The van der Waals surface area contributed by atoms with Crippen LogP contribution in [0.4, 0.5) is 4.79 Å². The number of carbonyl (C=O) groups is 2. The minimum Gasteiger partial charge on any atom is -0.444 e. The molecule has 0 radical (unpaired) electrons. The van der Waals surface area contributed by atoms with Gasteiger partial charge >= 0.3 is 6.09 Å². The summed E-state index contributed by atoms with van der Waals surface area (Å²) in [5.41, 5.74) is 2.03. The molecule has 1 N–H and O–H groups in total. The largest absolute Gasteiger partial charge is 0.444 e. The topological polar surface area (TPSA) is 115 Å². The Kier molecular flexibility index (Phi) is 8.06. The van der Waals surface area contributed by atoms with Gasteiger partial charge < -0.3 is 15.0 Å². The van der Waals surface area contributed by atoms with Crippen molar-refractivity contribution in [3.05, 3.63) is 66.2 Å². The second-order valence-electron chi connectivity index (χ2n) is 8.56. The highest BCUT2D eigenvalue weighted by Gasteiger charge is 2.22. The highest BCUT2D eigenvalue weighted by molar-refractivity contribution is 5.78. The summed E-state index contributed by atoms with van der Waals surface area (Å²) in [6.45, 7) is 6.80. The second-order valence-corrected chi connectivity index (χ2v) is 8.56. The summed E-state index contributed by atoms with van der Waals surface area (Å²) in [6.07, 6.45) is 5.40. The molecule has 0 atom stereocenters. The maximum absolute atomic E-state index is 12.6. The molecule has 0 fully saturated rings. The number of nitrogens with one attached hydrogen (secondary N) is 1. The first-order valence-corrected chi connectivity index (χ1v) is 10.8. The van der Waals surface area contributed by atoms with Gasteiger partial charge in [-0.15, -0.1) is 5.10 Å². The molecule has 2 heterocycles. The normalized spacial score (nSPS) is 11.1. The van der Waals surface area contributed by atoms with Gasteiger partial charge in [0.1, 0.15) is 11.9 Å². The molecule has 0 aliphatic rings. The molecule has 0 spiro atoms. The summed E-state index contributed by atoms with van der Waals surface area (Å²) < 4.78 is 7.08. The number of aromatic nitrogens is 5. The lowest BCUT2D eigenvalue weighted by atomic mass is 10.1. The fourth-order valence-electron chi connectivity index (χ4n) is 3.07. The standard InChI is InChI=1S/C23H29N7O3/c1-23(2,3)33-22(32)29(16-19-6-4-11-24-15-19)13-5-12-25-21(31)14-18-7-9-20(10-8-18)30-17-26-27-28-30/h4,6-11,15,17H,5,12-14,16H2,1-3H3,(H,25,31). The maximum Gasteiger partial charge on any atom is 0.410 e. The highest BCUT2D eigenvalue weighted by atomic mass is 16.6. The van der Waals surface area contributed by atoms with Crippen LogP contribution in [0.2, 0.25) is 0 Å². The molecule has 0 saturated carbocycles. The SMILES string of the molecule is CC(C)(C)OC(=O)N(CCCNC(=O)Cc1ccc(-n2cnnn2)cc1)Cc1cccnc1. The first kappa shape index (κ1) is 23.8. The smallest absolute Gasteiger partial charge is 0.410 e. The Balaban J connectivity index is 1.46. The first-order valence-electron chi connectivity index (χ1n) is 10.8. The molecule has 3 rings (SSSR count). The Morgan fingerprint density at radius 2 is 1.91 bits per heavy atom. The van der Waals surface area contributed by atoms with E-state index in [0.717, 1.165) is 16.8 Å². The van der Waals surface area contributed by atoms with Gasteiger partial charge in [0.2, 0.25) is 5.91 Å². The fourth-order valence-corrected chi connectivity index (χ4v) is 3.07. The number of benzene rings is 1. The zero-order valence-electron chi connectivity index (χ0n) is 19.1. The average Bonchev–Trinajstić information content (AvgIpc) is 3.31. The van der Waals surface area contributed by atoms with Crippen molar-refractivity contribution in [1.29, 1.82) is 0 Å². The van der Waals surface area contributed by atoms with E-state index in [-0.39, 0.29) is 18.4 Å². The highest BCUT2D eigenvalue weighted by Crippen LogP contribution is 2.13. The number of hydrogen-bond donors (Lipinski definition) is 1. The molecule has 3 aromatic rings. The van der Waals surface area contributed by atoms with Crippen LogP contribution in [0.25, 0.3) is 5.69 Å². The molecule has 33 heavy (non-hydrogen) atoms. The van der Waals surface area contributed by atoms with E-state index < -0.39 is 5.60 Å². The fraction of sp³-hybridized carbons (Fsp3) is 0.391. The minimum atomic E-state index is -0.585. The van der Waals surface area contributed by atoms with Crippen molar-refractivity contribution in [3.63, 3.8) is 0 Å². The summed E-state index contributed by atoms with van der Waals surface area (Å²) in [6, 6.07) is 11.2. The quantitative estimate of drug-likeness (QED) is 0.497. The number of tetrazole rings is 1. The molecule has 2 aromatic heterocycles. The average molecular weight is 452 g/mol. The number of nitrogens with zero attached hydrogens (tertiary/aromatic N) is 6. The predicted octanol–water partition coefficient (Wildman–Crippen LogP) is 2.54. The Morgan fingerprint density at radius 1 is 1.12 bits per heavy atom. The van der Waals surface area contributed by atoms with Crippen molar-refractivity contribution >= 4 is 12.0 Å². The van der Waals surface area contributed by atoms with Crippen molar-refractivity contribution in [2.45, 2.75) is 45.8 Å². The number of pyridine rings is 1. The van der Waals surface area contributed by atoms with Gasteiger partial charge in [0.05, 0.1) is 18.7 Å². The van der Waals surface area contributed by atoms with E-state index >= 15 is 0 Å². The van der Waals surface area contributed by atoms with Crippen LogP contribution < -0.4 is 5.32 Å². The van der Waals surface area contributed by atoms with Gasteiger partial charge in [-0.2, -0.15) is 0 Å². The summed E-state index contributed by atoms with van der Waals surface area (Å²) in [7, 11) is 0. The molecule has 0 aliphatic carbocycles. The molecule has 10 heteroatoms. The number of carbonyl (C=O) groups excluding carboxylic acids is 2. The van der Waals surface area contributed by atoms with E-state index in [1.54, 1.807) is 22.0 Å². The molecular weight excluding hydrogens is 422 g/mol. The summed E-state index contributed by atoms with van der Waals surface area (Å²) in [4.78, 5) is 30.7. The summed E-state index contributed by atoms with van der Waals surface area (Å²) >= 11 is 0. The molecule has 1 aromatic carbocycles. The maximum atomic E-state index is 12.6. The molecule has 174 valence electrons. The molecule has 10 nitrogen and oxygen atoms in total. The van der Waals surface area contributed by atoms with Crippen molar-refractivity contribution in [2.75, 3.05) is 13.1 Å². The van der Waals surface area contributed by atoms with E-state index in [1.807, 2.05) is 57.2 Å². The van der Waals surface area contributed by atoms with Gasteiger partial charge in [-0.1, -0.05) is 18.2 Å². The van der Waals surface area contributed by atoms with E-state index in [0.29, 0.717) is 26.1 Å². The third-order valence-corrected chi connectivity index (χ3v) is 4.59. The van der Waals surface area contributed by atoms with E-state index in [2.05, 4.69) is 25.8 Å². The van der Waals surface area contributed by atoms with Gasteiger partial charge in [-0.3, -0.25) is 9.78 Å². The van der Waals surface area contributed by atoms with Crippen LogP contribution in [0.3, 0.4) is 0 Å². The Labute approximate surface area is 193 Å². The van der Waals surface area contributed by atoms with Crippen LogP contribution in [0.5, 0.6) is 0 Å². The second kappa shape index (κ2) is 11.2. The molecular formula is C23H29N7O3. The van der Waals surface area contributed by atoms with Crippen molar-refractivity contribution in [1.82, 2.24) is 35.4 Å². The number of amides is 2. The van der Waals surface area contributed by atoms with Crippen LogP contribution in [-0.2, 0) is 22.5 Å². The number of ether oxygens (including phenoxy) is 1. The number of hydrogen-bond acceptors (Lipinski definition) is 7. The molecule has 0 aliphatic heterocycles. The summed E-state index contributed by atoms with van der Waals surface area (Å²) in [5.74, 6) is -0.0822. The Hall–Kier alpha value is -3.82. The lowest BCUT2D eigenvalue weighted by Gasteiger charge is -2.27. The van der Waals surface area contributed by atoms with Crippen LogP contribution in [0, 0.1) is 0 Å². The lowest BCUT2D eigenvalue weighted by Crippen LogP contribution is -2.38. The van der Waals surface area contributed by atoms with Gasteiger partial charge in [0, 0.05) is 25.5 Å². The monoisotopic (exact) mass is 451 g/mol. The van der Waals surface area contributed by atoms with Crippen LogP contribution in [0.1, 0.15) is 38.3 Å². The molecule has 2 amide bonds.